The average molecular weight is 239 g/mol. The fraction of sp³-hybridized carbons (Fsp3) is 0.923. The molecule has 1 amide bonds. The number of hydrogen-bond acceptors (Lipinski definition) is 3. The van der Waals surface area contributed by atoms with Gasteiger partial charge in [-0.05, 0) is 45.8 Å². The van der Waals surface area contributed by atoms with Crippen LogP contribution in [0.4, 0.5) is 0 Å². The van der Waals surface area contributed by atoms with E-state index in [0.717, 1.165) is 26.1 Å². The maximum Gasteiger partial charge on any atom is 0.224 e. The van der Waals surface area contributed by atoms with Crippen molar-refractivity contribution in [3.8, 4) is 0 Å². The molecular formula is C13H25N3O. The molecule has 4 nitrogen and oxygen atoms in total. The summed E-state index contributed by atoms with van der Waals surface area (Å²) in [5.74, 6) is 0.429. The minimum Gasteiger partial charge on any atom is -0.352 e. The lowest BCUT2D eigenvalue weighted by atomic mass is 10.1. The van der Waals surface area contributed by atoms with Crippen molar-refractivity contribution in [1.29, 1.82) is 0 Å². The Morgan fingerprint density at radius 3 is 2.82 bits per heavy atom. The largest absolute Gasteiger partial charge is 0.352 e. The number of carbonyl (C=O) groups excluding carboxylic acids is 1. The number of nitrogens with one attached hydrogen (secondary N) is 2. The van der Waals surface area contributed by atoms with Crippen LogP contribution in [0.5, 0.6) is 0 Å². The summed E-state index contributed by atoms with van der Waals surface area (Å²) < 4.78 is 0. The molecule has 2 saturated heterocycles. The Bertz CT molecular complexity index is 245. The summed E-state index contributed by atoms with van der Waals surface area (Å²) in [6.07, 6.45) is 4.98. The lowest BCUT2D eigenvalue weighted by molar-refractivity contribution is -0.125. The first-order chi connectivity index (χ1) is 8.25. The van der Waals surface area contributed by atoms with E-state index in [1.165, 1.54) is 32.4 Å². The molecule has 0 spiro atoms. The van der Waals surface area contributed by atoms with Gasteiger partial charge in [-0.1, -0.05) is 6.42 Å². The molecule has 4 heteroatoms. The highest BCUT2D eigenvalue weighted by Gasteiger charge is 2.24. The van der Waals surface area contributed by atoms with E-state index in [1.54, 1.807) is 0 Å². The lowest BCUT2D eigenvalue weighted by Crippen LogP contribution is -2.45. The molecular weight excluding hydrogens is 214 g/mol. The molecule has 2 rings (SSSR count). The van der Waals surface area contributed by atoms with Crippen molar-refractivity contribution in [2.75, 3.05) is 32.7 Å². The summed E-state index contributed by atoms with van der Waals surface area (Å²) >= 11 is 0. The van der Waals surface area contributed by atoms with E-state index in [4.69, 9.17) is 0 Å². The van der Waals surface area contributed by atoms with Gasteiger partial charge in [0.1, 0.15) is 0 Å². The van der Waals surface area contributed by atoms with Crippen LogP contribution < -0.4 is 10.6 Å². The quantitative estimate of drug-likeness (QED) is 0.754. The molecule has 98 valence electrons. The van der Waals surface area contributed by atoms with Gasteiger partial charge in [-0.15, -0.1) is 0 Å². The van der Waals surface area contributed by atoms with Crippen LogP contribution in [0.1, 0.15) is 32.6 Å². The maximum atomic E-state index is 11.9. The molecule has 2 unspecified atom stereocenters. The Labute approximate surface area is 104 Å². The zero-order chi connectivity index (χ0) is 12.1. The topological polar surface area (TPSA) is 44.4 Å². The SMILES string of the molecule is CC(CN1CCCCC1)NC(=O)C1CCNC1. The lowest BCUT2D eigenvalue weighted by Gasteiger charge is -2.29. The smallest absolute Gasteiger partial charge is 0.224 e. The first-order valence-electron chi connectivity index (χ1n) is 6.99. The molecule has 2 aliphatic rings. The molecule has 2 N–H and O–H groups in total. The Kier molecular flexibility index (Phi) is 4.80. The third-order valence-corrected chi connectivity index (χ3v) is 3.80. The van der Waals surface area contributed by atoms with Gasteiger partial charge in [0.05, 0.1) is 5.92 Å². The van der Waals surface area contributed by atoms with Crippen LogP contribution in [0.15, 0.2) is 0 Å². The van der Waals surface area contributed by atoms with Gasteiger partial charge in [0, 0.05) is 19.1 Å². The molecule has 0 radical (unpaired) electrons. The number of carbonyl (C=O) groups is 1. The van der Waals surface area contributed by atoms with Crippen LogP contribution >= 0.6 is 0 Å². The molecule has 2 heterocycles. The molecule has 0 saturated carbocycles. The maximum absolute atomic E-state index is 11.9. The minimum atomic E-state index is 0.193. The van der Waals surface area contributed by atoms with Crippen molar-refractivity contribution in [1.82, 2.24) is 15.5 Å². The van der Waals surface area contributed by atoms with Gasteiger partial charge in [0.15, 0.2) is 0 Å². The Morgan fingerprint density at radius 2 is 2.18 bits per heavy atom. The highest BCUT2D eigenvalue weighted by Crippen LogP contribution is 2.10. The van der Waals surface area contributed by atoms with E-state index in [0.29, 0.717) is 0 Å². The zero-order valence-electron chi connectivity index (χ0n) is 10.9. The van der Waals surface area contributed by atoms with Crippen molar-refractivity contribution in [2.45, 2.75) is 38.6 Å². The van der Waals surface area contributed by atoms with Crippen molar-refractivity contribution in [3.63, 3.8) is 0 Å². The predicted octanol–water partition coefficient (Wildman–Crippen LogP) is 0.587. The second-order valence-electron chi connectivity index (χ2n) is 5.46. The molecule has 2 aliphatic heterocycles. The number of nitrogens with zero attached hydrogens (tertiary/aromatic N) is 1. The summed E-state index contributed by atoms with van der Waals surface area (Å²) in [4.78, 5) is 14.4. The molecule has 0 aromatic heterocycles. The molecule has 0 aromatic carbocycles. The van der Waals surface area contributed by atoms with Crippen LogP contribution in [0.25, 0.3) is 0 Å². The van der Waals surface area contributed by atoms with Crippen LogP contribution in [0, 0.1) is 5.92 Å². The van der Waals surface area contributed by atoms with Crippen LogP contribution in [-0.4, -0.2) is 49.6 Å². The van der Waals surface area contributed by atoms with Crippen molar-refractivity contribution >= 4 is 5.91 Å². The number of amides is 1. The van der Waals surface area contributed by atoms with Crippen LogP contribution in [0.3, 0.4) is 0 Å². The standard InChI is InChI=1S/C13H25N3O/c1-11(10-16-7-3-2-4-8-16)15-13(17)12-5-6-14-9-12/h11-12,14H,2-10H2,1H3,(H,15,17). The monoisotopic (exact) mass is 239 g/mol. The molecule has 17 heavy (non-hydrogen) atoms. The third-order valence-electron chi connectivity index (χ3n) is 3.80. The van der Waals surface area contributed by atoms with E-state index >= 15 is 0 Å². The first-order valence-corrected chi connectivity index (χ1v) is 6.99. The van der Waals surface area contributed by atoms with E-state index in [-0.39, 0.29) is 17.9 Å². The molecule has 0 aliphatic carbocycles. The van der Waals surface area contributed by atoms with Gasteiger partial charge in [-0.25, -0.2) is 0 Å². The highest BCUT2D eigenvalue weighted by molar-refractivity contribution is 5.79. The first kappa shape index (κ1) is 12.8. The van der Waals surface area contributed by atoms with Gasteiger partial charge in [0.25, 0.3) is 0 Å². The molecule has 2 atom stereocenters. The molecule has 0 bridgehead atoms. The van der Waals surface area contributed by atoms with E-state index < -0.39 is 0 Å². The van der Waals surface area contributed by atoms with Gasteiger partial charge >= 0.3 is 0 Å². The minimum absolute atomic E-state index is 0.193. The Hall–Kier alpha value is -0.610. The summed E-state index contributed by atoms with van der Waals surface area (Å²) in [5, 5.41) is 6.39. The molecule has 0 aromatic rings. The fourth-order valence-electron chi connectivity index (χ4n) is 2.81. The van der Waals surface area contributed by atoms with Gasteiger partial charge < -0.3 is 15.5 Å². The van der Waals surface area contributed by atoms with Gasteiger partial charge in [-0.3, -0.25) is 4.79 Å². The summed E-state index contributed by atoms with van der Waals surface area (Å²) in [7, 11) is 0. The van der Waals surface area contributed by atoms with E-state index in [9.17, 15) is 4.79 Å². The number of rotatable bonds is 4. The average Bonchev–Trinajstić information content (AvgIpc) is 2.83. The van der Waals surface area contributed by atoms with E-state index in [1.807, 2.05) is 0 Å². The Balaban J connectivity index is 1.68. The number of hydrogen-bond donors (Lipinski definition) is 2. The van der Waals surface area contributed by atoms with E-state index in [2.05, 4.69) is 22.5 Å². The van der Waals surface area contributed by atoms with Crippen molar-refractivity contribution in [3.05, 3.63) is 0 Å². The third kappa shape index (κ3) is 3.96. The highest BCUT2D eigenvalue weighted by atomic mass is 16.2. The van der Waals surface area contributed by atoms with Crippen molar-refractivity contribution in [2.24, 2.45) is 5.92 Å². The molecule has 2 fully saturated rings. The summed E-state index contributed by atoms with van der Waals surface area (Å²) in [6.45, 7) is 7.36. The fourth-order valence-corrected chi connectivity index (χ4v) is 2.81. The van der Waals surface area contributed by atoms with Gasteiger partial charge in [0.2, 0.25) is 5.91 Å². The normalized spacial score (nSPS) is 27.9. The summed E-state index contributed by atoms with van der Waals surface area (Å²) in [6, 6.07) is 0.279. The Morgan fingerprint density at radius 1 is 1.41 bits per heavy atom. The van der Waals surface area contributed by atoms with Gasteiger partial charge in [-0.2, -0.15) is 0 Å². The number of piperidine rings is 1. The van der Waals surface area contributed by atoms with Crippen LogP contribution in [0.2, 0.25) is 0 Å². The number of likely N-dealkylation sites (tertiary alicyclic amines) is 1. The summed E-state index contributed by atoms with van der Waals surface area (Å²) in [5.41, 5.74) is 0. The predicted molar refractivity (Wildman–Crippen MR) is 68.9 cm³/mol. The van der Waals surface area contributed by atoms with Crippen molar-refractivity contribution < 1.29 is 4.79 Å². The second kappa shape index (κ2) is 6.36. The zero-order valence-corrected chi connectivity index (χ0v) is 10.9. The second-order valence-corrected chi connectivity index (χ2v) is 5.46. The van der Waals surface area contributed by atoms with Crippen LogP contribution in [-0.2, 0) is 4.79 Å².